The third-order valence-electron chi connectivity index (χ3n) is 8.12. The molecule has 0 amide bonds. The van der Waals surface area contributed by atoms with E-state index in [1.54, 1.807) is 6.20 Å². The van der Waals surface area contributed by atoms with Crippen molar-refractivity contribution < 1.29 is 5.11 Å². The first-order chi connectivity index (χ1) is 20.1. The van der Waals surface area contributed by atoms with Gasteiger partial charge in [0.25, 0.3) is 0 Å². The minimum absolute atomic E-state index is 0. The predicted octanol–water partition coefficient (Wildman–Crippen LogP) is 6.02. The largest absolute Gasteiger partial charge is 0.389 e. The zero-order valence-corrected chi connectivity index (χ0v) is 24.1. The number of benzene rings is 2. The molecule has 42 heavy (non-hydrogen) atoms. The number of rotatable bonds is 10. The van der Waals surface area contributed by atoms with E-state index >= 15 is 0 Å². The van der Waals surface area contributed by atoms with Crippen molar-refractivity contribution in [2.75, 3.05) is 6.54 Å². The van der Waals surface area contributed by atoms with Gasteiger partial charge in [-0.05, 0) is 55.4 Å². The summed E-state index contributed by atoms with van der Waals surface area (Å²) in [5.41, 5.74) is 6.21. The lowest BCUT2D eigenvalue weighted by atomic mass is 9.71. The molecule has 1 aliphatic carbocycles. The molecule has 0 saturated heterocycles. The van der Waals surface area contributed by atoms with Crippen LogP contribution in [0.5, 0.6) is 0 Å². The molecule has 0 radical (unpaired) electrons. The van der Waals surface area contributed by atoms with E-state index in [1.165, 1.54) is 16.4 Å². The van der Waals surface area contributed by atoms with E-state index in [2.05, 4.69) is 63.9 Å². The second-order valence-corrected chi connectivity index (χ2v) is 10.7. The first-order valence-corrected chi connectivity index (χ1v) is 14.2. The van der Waals surface area contributed by atoms with Crippen molar-refractivity contribution in [3.05, 3.63) is 101 Å². The minimum Gasteiger partial charge on any atom is -0.389 e. The number of aliphatic hydroxyl groups excluding tert-OH is 1. The Labute approximate surface area is 251 Å². The van der Waals surface area contributed by atoms with Gasteiger partial charge in [-0.25, -0.2) is 19.3 Å². The van der Waals surface area contributed by atoms with Crippen molar-refractivity contribution >= 4 is 29.0 Å². The number of halogens is 1. The Morgan fingerprint density at radius 3 is 2.62 bits per heavy atom. The molecule has 5 aromatic rings. The lowest BCUT2D eigenvalue weighted by Crippen LogP contribution is -2.48. The van der Waals surface area contributed by atoms with Gasteiger partial charge in [-0.1, -0.05) is 66.7 Å². The second-order valence-electron chi connectivity index (χ2n) is 10.7. The van der Waals surface area contributed by atoms with E-state index in [1.807, 2.05) is 36.4 Å². The van der Waals surface area contributed by atoms with E-state index in [0.717, 1.165) is 52.5 Å². The third kappa shape index (κ3) is 5.75. The fourth-order valence-corrected chi connectivity index (χ4v) is 5.70. The quantitative estimate of drug-likeness (QED) is 0.107. The maximum Gasteiger partial charge on any atom is 0.347 e. The number of nitrogens with one attached hydrogen (secondary N) is 2. The molecule has 0 bridgehead atoms. The Hall–Kier alpha value is -4.22. The number of aromatic nitrogens is 4. The maximum atomic E-state index is 12.2. The van der Waals surface area contributed by atoms with Gasteiger partial charge in [0.1, 0.15) is 0 Å². The van der Waals surface area contributed by atoms with Crippen LogP contribution in [0.25, 0.3) is 38.9 Å². The van der Waals surface area contributed by atoms with Gasteiger partial charge in [-0.2, -0.15) is 5.10 Å². The number of fused-ring (bicyclic) bond motifs is 3. The number of unbranched alkanes of at least 4 members (excludes halogenated alkanes) is 1. The van der Waals surface area contributed by atoms with Crippen LogP contribution < -0.4 is 11.0 Å². The van der Waals surface area contributed by atoms with Gasteiger partial charge in [0, 0.05) is 41.2 Å². The number of hydrogen-bond acceptors (Lipinski definition) is 5. The molecule has 0 aliphatic heterocycles. The van der Waals surface area contributed by atoms with Crippen LogP contribution in [0.1, 0.15) is 44.1 Å². The summed E-state index contributed by atoms with van der Waals surface area (Å²) >= 11 is 0. The van der Waals surface area contributed by atoms with Crippen LogP contribution in [0.3, 0.4) is 0 Å². The van der Waals surface area contributed by atoms with E-state index in [0.29, 0.717) is 25.0 Å². The van der Waals surface area contributed by atoms with Crippen LogP contribution in [0, 0.1) is 12.3 Å². The van der Waals surface area contributed by atoms with E-state index in [4.69, 9.17) is 11.4 Å². The maximum absolute atomic E-state index is 12.2. The molecule has 3 heterocycles. The van der Waals surface area contributed by atoms with Crippen LogP contribution >= 0.6 is 12.4 Å². The van der Waals surface area contributed by atoms with Crippen LogP contribution in [0.15, 0.2) is 89.9 Å². The summed E-state index contributed by atoms with van der Waals surface area (Å²) in [6, 6.07) is 22.8. The molecule has 2 aromatic carbocycles. The van der Waals surface area contributed by atoms with Gasteiger partial charge in [-0.3, -0.25) is 0 Å². The molecule has 1 fully saturated rings. The molecule has 0 spiro atoms. The SMILES string of the molecule is C#CCCCC(O)/C=C/CNC1(c2ccc(-c3nc4ccn5c(=O)[nH]nc5c4cc3-c3ccccc3)cc2)CCC1.Cl. The van der Waals surface area contributed by atoms with Gasteiger partial charge in [-0.15, -0.1) is 24.8 Å². The molecule has 3 aromatic heterocycles. The van der Waals surface area contributed by atoms with Crippen molar-refractivity contribution in [2.45, 2.75) is 50.2 Å². The molecule has 1 atom stereocenters. The monoisotopic (exact) mass is 579 g/mol. The van der Waals surface area contributed by atoms with Crippen molar-refractivity contribution in [1.82, 2.24) is 24.9 Å². The third-order valence-corrected chi connectivity index (χ3v) is 8.12. The first-order valence-electron chi connectivity index (χ1n) is 14.2. The summed E-state index contributed by atoms with van der Waals surface area (Å²) in [6.07, 6.45) is 16.0. The molecule has 1 saturated carbocycles. The van der Waals surface area contributed by atoms with E-state index in [-0.39, 0.29) is 23.6 Å². The van der Waals surface area contributed by atoms with Crippen molar-refractivity contribution in [1.29, 1.82) is 0 Å². The normalized spacial score (nSPS) is 14.9. The molecule has 6 rings (SSSR count). The van der Waals surface area contributed by atoms with Crippen LogP contribution in [-0.4, -0.2) is 37.3 Å². The molecule has 7 nitrogen and oxygen atoms in total. The number of aliphatic hydroxyl groups is 1. The summed E-state index contributed by atoms with van der Waals surface area (Å²) < 4.78 is 1.51. The highest BCUT2D eigenvalue weighted by Crippen LogP contribution is 2.42. The molecule has 214 valence electrons. The highest BCUT2D eigenvalue weighted by atomic mass is 35.5. The Kier molecular flexibility index (Phi) is 8.89. The topological polar surface area (TPSA) is 95.3 Å². The fourth-order valence-electron chi connectivity index (χ4n) is 5.70. The van der Waals surface area contributed by atoms with Crippen molar-refractivity contribution in [3.63, 3.8) is 0 Å². The smallest absolute Gasteiger partial charge is 0.347 e. The van der Waals surface area contributed by atoms with Gasteiger partial charge in [0.05, 0.1) is 17.3 Å². The molecule has 1 unspecified atom stereocenters. The summed E-state index contributed by atoms with van der Waals surface area (Å²) in [7, 11) is 0. The van der Waals surface area contributed by atoms with E-state index in [9.17, 15) is 9.90 Å². The number of hydrogen-bond donors (Lipinski definition) is 3. The molecule has 1 aliphatic rings. The number of pyridine rings is 2. The van der Waals surface area contributed by atoms with Crippen LogP contribution in [0.2, 0.25) is 0 Å². The lowest BCUT2D eigenvalue weighted by Gasteiger charge is -2.43. The Bertz CT molecular complexity index is 1800. The summed E-state index contributed by atoms with van der Waals surface area (Å²) in [6.45, 7) is 0.698. The summed E-state index contributed by atoms with van der Waals surface area (Å²) in [4.78, 5) is 17.3. The Morgan fingerprint density at radius 1 is 1.12 bits per heavy atom. The molecule has 3 N–H and O–H groups in total. The van der Waals surface area contributed by atoms with Gasteiger partial charge in [0.15, 0.2) is 5.65 Å². The highest BCUT2D eigenvalue weighted by molar-refractivity contribution is 5.98. The van der Waals surface area contributed by atoms with Gasteiger partial charge in [0.2, 0.25) is 0 Å². The van der Waals surface area contributed by atoms with E-state index < -0.39 is 6.10 Å². The zero-order chi connectivity index (χ0) is 28.2. The lowest BCUT2D eigenvalue weighted by molar-refractivity contribution is 0.192. The highest BCUT2D eigenvalue weighted by Gasteiger charge is 2.37. The summed E-state index contributed by atoms with van der Waals surface area (Å²) in [5, 5.41) is 21.5. The first kappa shape index (κ1) is 29.3. The average Bonchev–Trinajstić information content (AvgIpc) is 3.37. The fraction of sp³-hybridized carbons (Fsp3) is 0.265. The van der Waals surface area contributed by atoms with Gasteiger partial charge >= 0.3 is 5.69 Å². The number of H-pyrrole nitrogens is 1. The average molecular weight is 580 g/mol. The zero-order valence-electron chi connectivity index (χ0n) is 23.3. The van der Waals surface area contributed by atoms with Crippen LogP contribution in [-0.2, 0) is 5.54 Å². The van der Waals surface area contributed by atoms with Crippen molar-refractivity contribution in [2.24, 2.45) is 0 Å². The number of terminal acetylenes is 1. The molecular formula is C34H34ClN5O2. The molecular weight excluding hydrogens is 546 g/mol. The second kappa shape index (κ2) is 12.7. The van der Waals surface area contributed by atoms with Crippen molar-refractivity contribution in [3.8, 4) is 34.7 Å². The van der Waals surface area contributed by atoms with Gasteiger partial charge < -0.3 is 10.4 Å². The predicted molar refractivity (Wildman–Crippen MR) is 171 cm³/mol. The number of aromatic amines is 1. The molecule has 8 heteroatoms. The minimum atomic E-state index is -0.458. The Balaban J connectivity index is 0.00000353. The number of nitrogens with zero attached hydrogens (tertiary/aromatic N) is 3. The Morgan fingerprint density at radius 2 is 1.90 bits per heavy atom. The van der Waals surface area contributed by atoms with Crippen LogP contribution in [0.4, 0.5) is 0 Å². The standard InChI is InChI=1S/C34H33N5O2.ClH/c1-2-3-5-12-27(40)13-8-21-35-34(19-9-20-34)26-16-14-25(15-17-26)31-28(24-10-6-4-7-11-24)23-29-30(36-31)18-22-39-32(29)37-38-33(39)41;/h1,4,6-8,10-11,13-18,22-23,27,35,40H,3,5,9,12,19-21H2,(H,38,41);1H/b13-8+;. The summed E-state index contributed by atoms with van der Waals surface area (Å²) in [5.74, 6) is 2.62.